The van der Waals surface area contributed by atoms with Crippen molar-refractivity contribution in [3.05, 3.63) is 107 Å². The second kappa shape index (κ2) is 5.98. The Morgan fingerprint density at radius 1 is 0.708 bits per heavy atom. The van der Waals surface area contributed by atoms with Gasteiger partial charge in [0, 0.05) is 29.8 Å². The molecule has 2 aromatic carbocycles. The number of benzene rings is 2. The smallest absolute Gasteiger partial charge is 0.136 e. The molecule has 0 bridgehead atoms. The summed E-state index contributed by atoms with van der Waals surface area (Å²) >= 11 is 6.11. The van der Waals surface area contributed by atoms with Crippen LogP contribution in [0, 0.1) is 0 Å². The maximum atomic E-state index is 6.11. The highest BCUT2D eigenvalue weighted by molar-refractivity contribution is 6.30. The maximum absolute atomic E-state index is 6.11. The fraction of sp³-hybridized carbons (Fsp3) is 0.0526. The highest BCUT2D eigenvalue weighted by atomic mass is 35.5. The van der Waals surface area contributed by atoms with Crippen LogP contribution in [-0.4, -0.2) is 19.9 Å². The summed E-state index contributed by atoms with van der Waals surface area (Å²) in [5.41, 5.74) is 1.43. The zero-order valence-corrected chi connectivity index (χ0v) is 13.5. The Morgan fingerprint density at radius 3 is 1.75 bits per heavy atom. The number of aromatic nitrogens is 4. The lowest BCUT2D eigenvalue weighted by molar-refractivity contribution is 0.649. The van der Waals surface area contributed by atoms with Gasteiger partial charge in [-0.15, -0.1) is 0 Å². The molecule has 0 radical (unpaired) electrons. The predicted octanol–water partition coefficient (Wildman–Crippen LogP) is 4.17. The quantitative estimate of drug-likeness (QED) is 0.588. The van der Waals surface area contributed by atoms with Crippen LogP contribution in [0.2, 0.25) is 5.02 Å². The van der Waals surface area contributed by atoms with Crippen LogP contribution < -0.4 is 0 Å². The Morgan fingerprint density at radius 2 is 1.25 bits per heavy atom. The maximum Gasteiger partial charge on any atom is 0.136 e. The fourth-order valence-electron chi connectivity index (χ4n) is 3.15. The zero-order chi connectivity index (χ0) is 16.4. The molecule has 4 rings (SSSR count). The normalized spacial score (nSPS) is 11.5. The average Bonchev–Trinajstić information content (AvgIpc) is 3.33. The number of aromatic amines is 2. The van der Waals surface area contributed by atoms with Crippen LogP contribution in [-0.2, 0) is 5.41 Å². The van der Waals surface area contributed by atoms with E-state index in [0.717, 1.165) is 22.8 Å². The number of nitrogens with one attached hydrogen (secondary N) is 2. The monoisotopic (exact) mass is 334 g/mol. The van der Waals surface area contributed by atoms with Crippen LogP contribution in [0.1, 0.15) is 22.8 Å². The minimum atomic E-state index is -0.668. The minimum Gasteiger partial charge on any atom is -0.347 e. The van der Waals surface area contributed by atoms with E-state index in [0.29, 0.717) is 5.02 Å². The van der Waals surface area contributed by atoms with Gasteiger partial charge in [0.2, 0.25) is 0 Å². The Balaban J connectivity index is 2.09. The molecule has 24 heavy (non-hydrogen) atoms. The first kappa shape index (κ1) is 14.7. The summed E-state index contributed by atoms with van der Waals surface area (Å²) in [5.74, 6) is 1.59. The summed E-state index contributed by atoms with van der Waals surface area (Å²) in [4.78, 5) is 15.7. The molecule has 0 unspecified atom stereocenters. The van der Waals surface area contributed by atoms with Gasteiger partial charge < -0.3 is 9.97 Å². The molecule has 118 valence electrons. The van der Waals surface area contributed by atoms with E-state index >= 15 is 0 Å². The lowest BCUT2D eigenvalue weighted by Gasteiger charge is -2.31. The SMILES string of the molecule is Clc1ccc(C(c2ccccc2)(c2ncc[nH]2)c2ncc[nH]2)cc1. The third-order valence-corrected chi connectivity index (χ3v) is 4.44. The second-order valence-corrected chi connectivity index (χ2v) is 5.93. The summed E-state index contributed by atoms with van der Waals surface area (Å²) in [6, 6.07) is 18.0. The minimum absolute atomic E-state index is 0.668. The molecule has 0 aliphatic rings. The van der Waals surface area contributed by atoms with Gasteiger partial charge in [-0.1, -0.05) is 54.1 Å². The lowest BCUT2D eigenvalue weighted by atomic mass is 9.73. The van der Waals surface area contributed by atoms with Gasteiger partial charge in [-0.05, 0) is 23.3 Å². The van der Waals surface area contributed by atoms with Crippen LogP contribution in [0.15, 0.2) is 79.4 Å². The van der Waals surface area contributed by atoms with E-state index in [1.54, 1.807) is 12.4 Å². The molecular formula is C19H15ClN4. The van der Waals surface area contributed by atoms with E-state index in [1.165, 1.54) is 0 Å². The molecule has 0 fully saturated rings. The standard InChI is InChI=1S/C19H15ClN4/c20-16-8-6-15(7-9-16)19(17-21-10-11-22-17,18-23-12-13-24-18)14-4-2-1-3-5-14/h1-13H,(H,21,22)(H,23,24). The van der Waals surface area contributed by atoms with Crippen molar-refractivity contribution in [3.63, 3.8) is 0 Å². The molecule has 5 heteroatoms. The predicted molar refractivity (Wildman–Crippen MR) is 94.1 cm³/mol. The third-order valence-electron chi connectivity index (χ3n) is 4.19. The molecule has 2 N–H and O–H groups in total. The van der Waals surface area contributed by atoms with Gasteiger partial charge in [0.05, 0.1) is 0 Å². The summed E-state index contributed by atoms with van der Waals surface area (Å²) in [7, 11) is 0. The Labute approximate surface area is 144 Å². The number of rotatable bonds is 4. The molecule has 4 nitrogen and oxygen atoms in total. The van der Waals surface area contributed by atoms with E-state index in [4.69, 9.17) is 11.6 Å². The van der Waals surface area contributed by atoms with Crippen molar-refractivity contribution in [1.29, 1.82) is 0 Å². The van der Waals surface area contributed by atoms with Crippen molar-refractivity contribution in [1.82, 2.24) is 19.9 Å². The van der Waals surface area contributed by atoms with E-state index in [-0.39, 0.29) is 0 Å². The lowest BCUT2D eigenvalue weighted by Crippen LogP contribution is -2.33. The number of hydrogen-bond acceptors (Lipinski definition) is 2. The summed E-state index contributed by atoms with van der Waals surface area (Å²) in [6.07, 6.45) is 7.16. The largest absolute Gasteiger partial charge is 0.347 e. The van der Waals surface area contributed by atoms with Crippen molar-refractivity contribution in [2.24, 2.45) is 0 Å². The topological polar surface area (TPSA) is 57.4 Å². The Bertz CT molecular complexity index is 864. The number of hydrogen-bond donors (Lipinski definition) is 2. The van der Waals surface area contributed by atoms with E-state index in [1.807, 2.05) is 54.9 Å². The van der Waals surface area contributed by atoms with E-state index in [9.17, 15) is 0 Å². The molecule has 2 aromatic heterocycles. The van der Waals surface area contributed by atoms with Gasteiger partial charge in [0.15, 0.2) is 0 Å². The number of imidazole rings is 2. The first-order chi connectivity index (χ1) is 11.8. The highest BCUT2D eigenvalue weighted by Crippen LogP contribution is 2.42. The molecule has 0 aliphatic heterocycles. The van der Waals surface area contributed by atoms with Crippen LogP contribution in [0.25, 0.3) is 0 Å². The van der Waals surface area contributed by atoms with Crippen molar-refractivity contribution >= 4 is 11.6 Å². The molecule has 0 saturated heterocycles. The van der Waals surface area contributed by atoms with Crippen molar-refractivity contribution in [3.8, 4) is 0 Å². The van der Waals surface area contributed by atoms with Crippen LogP contribution in [0.4, 0.5) is 0 Å². The highest BCUT2D eigenvalue weighted by Gasteiger charge is 2.43. The van der Waals surface area contributed by atoms with Gasteiger partial charge in [-0.25, -0.2) is 9.97 Å². The van der Waals surface area contributed by atoms with E-state index < -0.39 is 5.41 Å². The van der Waals surface area contributed by atoms with Crippen molar-refractivity contribution in [2.75, 3.05) is 0 Å². The molecule has 0 amide bonds. The molecule has 4 aromatic rings. The van der Waals surface area contributed by atoms with E-state index in [2.05, 4.69) is 32.1 Å². The molecule has 0 atom stereocenters. The summed E-state index contributed by atoms with van der Waals surface area (Å²) in [6.45, 7) is 0. The van der Waals surface area contributed by atoms with Crippen molar-refractivity contribution in [2.45, 2.75) is 5.41 Å². The fourth-order valence-corrected chi connectivity index (χ4v) is 3.28. The van der Waals surface area contributed by atoms with Gasteiger partial charge in [-0.2, -0.15) is 0 Å². The molecule has 0 aliphatic carbocycles. The number of H-pyrrole nitrogens is 2. The molecule has 0 spiro atoms. The van der Waals surface area contributed by atoms with Gasteiger partial charge in [0.25, 0.3) is 0 Å². The molecular weight excluding hydrogens is 320 g/mol. The van der Waals surface area contributed by atoms with Gasteiger partial charge >= 0.3 is 0 Å². The molecule has 0 saturated carbocycles. The zero-order valence-electron chi connectivity index (χ0n) is 12.8. The van der Waals surface area contributed by atoms with Crippen molar-refractivity contribution < 1.29 is 0 Å². The second-order valence-electron chi connectivity index (χ2n) is 5.50. The Kier molecular flexibility index (Phi) is 3.67. The number of nitrogens with zero attached hydrogens (tertiary/aromatic N) is 2. The third kappa shape index (κ3) is 2.23. The van der Waals surface area contributed by atoms with Crippen LogP contribution in [0.3, 0.4) is 0 Å². The van der Waals surface area contributed by atoms with Crippen LogP contribution in [0.5, 0.6) is 0 Å². The van der Waals surface area contributed by atoms with Gasteiger partial charge in [-0.3, -0.25) is 0 Å². The summed E-state index contributed by atoms with van der Waals surface area (Å²) in [5, 5.41) is 0.694. The van der Waals surface area contributed by atoms with Crippen LogP contribution >= 0.6 is 11.6 Å². The first-order valence-electron chi connectivity index (χ1n) is 7.63. The average molecular weight is 335 g/mol. The Hall–Kier alpha value is -2.85. The molecule has 2 heterocycles. The first-order valence-corrected chi connectivity index (χ1v) is 8.01. The summed E-state index contributed by atoms with van der Waals surface area (Å²) < 4.78 is 0. The number of halogens is 1. The van der Waals surface area contributed by atoms with Gasteiger partial charge in [0.1, 0.15) is 17.1 Å².